The first kappa shape index (κ1) is 68.6. The summed E-state index contributed by atoms with van der Waals surface area (Å²) < 4.78 is 11.3. The molecule has 7 atom stereocenters. The highest BCUT2D eigenvalue weighted by molar-refractivity contribution is 5.76. The number of hydrogen-bond donors (Lipinski definition) is 6. The number of nitrogens with one attached hydrogen (secondary N) is 1. The Hall–Kier alpha value is -2.37. The fraction of sp³-hybridized carbons (Fsp3) is 0.797. The van der Waals surface area contributed by atoms with Gasteiger partial charge in [0.1, 0.15) is 24.4 Å². The molecular weight excluding hydrogens is 911 g/mol. The summed E-state index contributed by atoms with van der Waals surface area (Å²) >= 11 is 0. The van der Waals surface area contributed by atoms with Gasteiger partial charge < -0.3 is 40.3 Å². The molecule has 0 aromatic carbocycles. The first-order valence-corrected chi connectivity index (χ1v) is 30.7. The molecule has 424 valence electrons. The Morgan fingerprint density at radius 3 is 1.32 bits per heavy atom. The molecule has 1 heterocycles. The smallest absolute Gasteiger partial charge is 0.220 e. The first-order chi connectivity index (χ1) is 35.8. The highest BCUT2D eigenvalue weighted by Crippen LogP contribution is 2.23. The minimum absolute atomic E-state index is 0.189. The van der Waals surface area contributed by atoms with Crippen molar-refractivity contribution in [3.05, 3.63) is 72.9 Å². The Morgan fingerprint density at radius 2 is 0.863 bits per heavy atom. The summed E-state index contributed by atoms with van der Waals surface area (Å²) in [5.74, 6) is -0.189. The predicted molar refractivity (Wildman–Crippen MR) is 309 cm³/mol. The first-order valence-electron chi connectivity index (χ1n) is 30.7. The van der Waals surface area contributed by atoms with E-state index in [1.54, 1.807) is 6.08 Å². The number of allylic oxidation sites excluding steroid dienone is 11. The van der Waals surface area contributed by atoms with Gasteiger partial charge in [-0.15, -0.1) is 0 Å². The molecule has 9 heteroatoms. The van der Waals surface area contributed by atoms with Crippen LogP contribution in [0.25, 0.3) is 0 Å². The van der Waals surface area contributed by atoms with Crippen LogP contribution >= 0.6 is 0 Å². The molecule has 1 rings (SSSR count). The highest BCUT2D eigenvalue weighted by Gasteiger charge is 2.44. The zero-order valence-electron chi connectivity index (χ0n) is 47.1. The topological polar surface area (TPSA) is 149 Å². The summed E-state index contributed by atoms with van der Waals surface area (Å²) in [7, 11) is 0. The molecule has 0 aliphatic carbocycles. The number of unbranched alkanes of at least 4 members (excludes halogenated alkanes) is 32. The van der Waals surface area contributed by atoms with Crippen LogP contribution in [0.4, 0.5) is 0 Å². The second kappa shape index (κ2) is 53.0. The third-order valence-corrected chi connectivity index (χ3v) is 14.3. The fourth-order valence-corrected chi connectivity index (χ4v) is 9.46. The molecule has 1 aliphatic heterocycles. The Balaban J connectivity index is 2.23. The maximum absolute atomic E-state index is 13.1. The van der Waals surface area contributed by atoms with Crippen molar-refractivity contribution in [2.75, 3.05) is 13.2 Å². The van der Waals surface area contributed by atoms with Gasteiger partial charge in [0.25, 0.3) is 0 Å². The van der Waals surface area contributed by atoms with Gasteiger partial charge in [-0.2, -0.15) is 0 Å². The van der Waals surface area contributed by atoms with Crippen molar-refractivity contribution >= 4 is 5.91 Å². The molecule has 73 heavy (non-hydrogen) atoms. The van der Waals surface area contributed by atoms with Gasteiger partial charge in [0, 0.05) is 6.42 Å². The average molecular weight is 1030 g/mol. The number of carbonyl (C=O) groups excluding carboxylic acids is 1. The van der Waals surface area contributed by atoms with Crippen LogP contribution in [0.2, 0.25) is 0 Å². The van der Waals surface area contributed by atoms with E-state index in [9.17, 15) is 30.3 Å². The second-order valence-electron chi connectivity index (χ2n) is 21.1. The van der Waals surface area contributed by atoms with Gasteiger partial charge in [0.15, 0.2) is 6.29 Å². The van der Waals surface area contributed by atoms with Crippen molar-refractivity contribution in [3.63, 3.8) is 0 Å². The van der Waals surface area contributed by atoms with Crippen LogP contribution in [0.1, 0.15) is 271 Å². The van der Waals surface area contributed by atoms with Crippen LogP contribution in [0.5, 0.6) is 0 Å². The zero-order chi connectivity index (χ0) is 52.9. The minimum atomic E-state index is -1.58. The molecule has 0 saturated carbocycles. The molecule has 7 unspecified atom stereocenters. The normalized spacial score (nSPS) is 19.6. The van der Waals surface area contributed by atoms with Gasteiger partial charge in [0.05, 0.1) is 25.4 Å². The summed E-state index contributed by atoms with van der Waals surface area (Å²) in [6.45, 7) is 3.67. The van der Waals surface area contributed by atoms with Crippen molar-refractivity contribution in [3.8, 4) is 0 Å². The predicted octanol–water partition coefficient (Wildman–Crippen LogP) is 15.6. The van der Waals surface area contributed by atoms with Crippen molar-refractivity contribution in [2.24, 2.45) is 0 Å². The van der Waals surface area contributed by atoms with Gasteiger partial charge in [-0.1, -0.05) is 267 Å². The van der Waals surface area contributed by atoms with E-state index in [0.717, 1.165) is 64.2 Å². The van der Waals surface area contributed by atoms with Crippen molar-refractivity contribution < 1.29 is 39.8 Å². The van der Waals surface area contributed by atoms with Crippen LogP contribution in [0.3, 0.4) is 0 Å². The molecule has 0 radical (unpaired) electrons. The van der Waals surface area contributed by atoms with Gasteiger partial charge in [-0.25, -0.2) is 0 Å². The summed E-state index contributed by atoms with van der Waals surface area (Å²) in [4.78, 5) is 13.1. The van der Waals surface area contributed by atoms with Gasteiger partial charge in [-0.05, 0) is 70.6 Å². The maximum atomic E-state index is 13.1. The Kier molecular flexibility index (Phi) is 49.9. The third kappa shape index (κ3) is 42.4. The molecule has 1 saturated heterocycles. The quantitative estimate of drug-likeness (QED) is 0.0261. The standard InChI is InChI=1S/C64H115NO8/c1-3-5-7-9-11-13-15-17-19-21-23-25-27-29-31-33-35-37-39-41-43-45-47-49-51-53-58(67)57(56-72-64-63(71)62(70)61(69)59(55-66)73-64)65-60(68)54-52-50-48-46-44-42-40-38-36-34-32-30-28-26-24-22-20-18-16-14-12-10-8-6-4-2/h6,8,12,14,18,20,24,26,43,45,51,53,57-59,61-64,66-67,69-71H,3-5,7,9-11,13,15-17,19,21-23,25,27-42,44,46-50,52,54-56H2,1-2H3,(H,65,68)/b8-6-,14-12-,20-18-,26-24-,45-43+,53-51+. The van der Waals surface area contributed by atoms with Crippen LogP contribution in [0.15, 0.2) is 72.9 Å². The van der Waals surface area contributed by atoms with Crippen molar-refractivity contribution in [1.82, 2.24) is 5.32 Å². The molecule has 9 nitrogen and oxygen atoms in total. The van der Waals surface area contributed by atoms with Crippen LogP contribution < -0.4 is 5.32 Å². The van der Waals surface area contributed by atoms with E-state index < -0.39 is 49.5 Å². The molecule has 1 aliphatic rings. The average Bonchev–Trinajstić information content (AvgIpc) is 3.39. The summed E-state index contributed by atoms with van der Waals surface area (Å²) in [5.41, 5.74) is 0. The van der Waals surface area contributed by atoms with Crippen LogP contribution in [-0.4, -0.2) is 87.5 Å². The molecule has 1 fully saturated rings. The molecular formula is C64H115NO8. The zero-order valence-corrected chi connectivity index (χ0v) is 47.1. The molecule has 1 amide bonds. The highest BCUT2D eigenvalue weighted by atomic mass is 16.7. The second-order valence-corrected chi connectivity index (χ2v) is 21.1. The van der Waals surface area contributed by atoms with Gasteiger partial charge >= 0.3 is 0 Å². The Bertz CT molecular complexity index is 1380. The van der Waals surface area contributed by atoms with E-state index >= 15 is 0 Å². The number of hydrogen-bond acceptors (Lipinski definition) is 8. The van der Waals surface area contributed by atoms with Crippen LogP contribution in [0, 0.1) is 0 Å². The van der Waals surface area contributed by atoms with E-state index in [2.05, 4.69) is 79.9 Å². The van der Waals surface area contributed by atoms with E-state index in [1.807, 2.05) is 6.08 Å². The van der Waals surface area contributed by atoms with Crippen molar-refractivity contribution in [2.45, 2.75) is 314 Å². The SMILES string of the molecule is CC/C=C\C/C=C\C/C=C\C/C=C\CCCCCCCCCCCCCCC(=O)NC(COC1OC(CO)C(O)C(O)C1O)C(O)/C=C/CC/C=C/CCCCCCCCCCCCCCCCCCCCC. The number of carbonyl (C=O) groups is 1. The lowest BCUT2D eigenvalue weighted by Crippen LogP contribution is -2.60. The largest absolute Gasteiger partial charge is 0.394 e. The fourth-order valence-electron chi connectivity index (χ4n) is 9.46. The number of ether oxygens (including phenoxy) is 2. The lowest BCUT2D eigenvalue weighted by molar-refractivity contribution is -0.302. The third-order valence-electron chi connectivity index (χ3n) is 14.3. The molecule has 0 aromatic heterocycles. The van der Waals surface area contributed by atoms with E-state index in [4.69, 9.17) is 9.47 Å². The lowest BCUT2D eigenvalue weighted by atomic mass is 9.99. The monoisotopic (exact) mass is 1030 g/mol. The van der Waals surface area contributed by atoms with E-state index in [0.29, 0.717) is 6.42 Å². The molecule has 0 spiro atoms. The number of amides is 1. The van der Waals surface area contributed by atoms with Gasteiger partial charge in [0.2, 0.25) is 5.91 Å². The summed E-state index contributed by atoms with van der Waals surface area (Å²) in [6, 6.07) is -0.827. The maximum Gasteiger partial charge on any atom is 0.220 e. The van der Waals surface area contributed by atoms with Crippen LogP contribution in [-0.2, 0) is 14.3 Å². The Morgan fingerprint density at radius 1 is 0.479 bits per heavy atom. The van der Waals surface area contributed by atoms with Crippen molar-refractivity contribution in [1.29, 1.82) is 0 Å². The summed E-state index contributed by atoms with van der Waals surface area (Å²) in [5, 5.41) is 54.6. The number of rotatable bonds is 52. The molecule has 6 N–H and O–H groups in total. The molecule has 0 aromatic rings. The lowest BCUT2D eigenvalue weighted by Gasteiger charge is -2.40. The molecule has 0 bridgehead atoms. The number of aliphatic hydroxyl groups excluding tert-OH is 5. The minimum Gasteiger partial charge on any atom is -0.394 e. The Labute approximate surface area is 448 Å². The number of aliphatic hydroxyl groups is 5. The summed E-state index contributed by atoms with van der Waals surface area (Å²) in [6.07, 6.45) is 66.9. The van der Waals surface area contributed by atoms with E-state index in [-0.39, 0.29) is 12.5 Å². The van der Waals surface area contributed by atoms with E-state index in [1.165, 1.54) is 186 Å². The van der Waals surface area contributed by atoms with Gasteiger partial charge in [-0.3, -0.25) is 4.79 Å².